The van der Waals surface area contributed by atoms with E-state index in [1.54, 1.807) is 12.2 Å². The van der Waals surface area contributed by atoms with Crippen LogP contribution in [0, 0.1) is 0 Å². The Hall–Kier alpha value is -1.51. The fourth-order valence-corrected chi connectivity index (χ4v) is 0.803. The Morgan fingerprint density at radius 1 is 1.40 bits per heavy atom. The molecule has 0 rings (SSSR count). The Labute approximate surface area is 91.1 Å². The fourth-order valence-electron chi connectivity index (χ4n) is 0.803. The summed E-state index contributed by atoms with van der Waals surface area (Å²) >= 11 is 0. The highest BCUT2D eigenvalue weighted by atomic mass is 16.5. The quantitative estimate of drug-likeness (QED) is 0.292. The van der Waals surface area contributed by atoms with Gasteiger partial charge in [0.25, 0.3) is 0 Å². The van der Waals surface area contributed by atoms with Gasteiger partial charge < -0.3 is 9.47 Å². The molecular formula is C12H18O3. The standard InChI is InChI=1S/C12H18O3/c1-5-7-15-11(8-10(3)6-2)9-12(13)14-4/h6,8-9H,2,5,7H2,1,3-4H3/b10-8-,11-9-. The van der Waals surface area contributed by atoms with E-state index in [1.165, 1.54) is 13.2 Å². The first-order chi connectivity index (χ1) is 7.13. The van der Waals surface area contributed by atoms with Gasteiger partial charge in [-0.2, -0.15) is 0 Å². The summed E-state index contributed by atoms with van der Waals surface area (Å²) in [7, 11) is 1.33. The van der Waals surface area contributed by atoms with E-state index in [0.717, 1.165) is 12.0 Å². The molecule has 3 nitrogen and oxygen atoms in total. The molecule has 0 amide bonds. The molecule has 0 radical (unpaired) electrons. The maximum Gasteiger partial charge on any atom is 0.334 e. The highest BCUT2D eigenvalue weighted by Gasteiger charge is 2.00. The third-order valence-electron chi connectivity index (χ3n) is 1.63. The van der Waals surface area contributed by atoms with Gasteiger partial charge in [-0.1, -0.05) is 19.6 Å². The minimum Gasteiger partial charge on any atom is -0.493 e. The molecular weight excluding hydrogens is 192 g/mol. The molecule has 0 aromatic rings. The zero-order valence-corrected chi connectivity index (χ0v) is 9.58. The zero-order valence-electron chi connectivity index (χ0n) is 9.58. The first kappa shape index (κ1) is 13.5. The number of methoxy groups -OCH3 is 1. The third-order valence-corrected chi connectivity index (χ3v) is 1.63. The molecule has 0 aliphatic rings. The number of hydrogen-bond acceptors (Lipinski definition) is 3. The molecule has 0 heterocycles. The lowest BCUT2D eigenvalue weighted by Gasteiger charge is -2.05. The predicted octanol–water partition coefficient (Wildman–Crippen LogP) is 2.60. The molecule has 0 spiro atoms. The van der Waals surface area contributed by atoms with Crippen LogP contribution in [0.1, 0.15) is 20.3 Å². The SMILES string of the molecule is C=C/C(C)=C\C(=C\C(=O)OC)OCCC. The first-order valence-electron chi connectivity index (χ1n) is 4.87. The van der Waals surface area contributed by atoms with Crippen molar-refractivity contribution in [3.63, 3.8) is 0 Å². The molecule has 0 saturated heterocycles. The lowest BCUT2D eigenvalue weighted by Crippen LogP contribution is -2.00. The summed E-state index contributed by atoms with van der Waals surface area (Å²) in [5.74, 6) is 0.0790. The maximum absolute atomic E-state index is 11.0. The van der Waals surface area contributed by atoms with Gasteiger partial charge in [0, 0.05) is 0 Å². The highest BCUT2D eigenvalue weighted by Crippen LogP contribution is 2.06. The van der Waals surface area contributed by atoms with E-state index < -0.39 is 5.97 Å². The Kier molecular flexibility index (Phi) is 7.06. The lowest BCUT2D eigenvalue weighted by molar-refractivity contribution is -0.135. The molecule has 0 unspecified atom stereocenters. The summed E-state index contributed by atoms with van der Waals surface area (Å²) in [6.07, 6.45) is 5.65. The van der Waals surface area contributed by atoms with Crippen LogP contribution in [-0.2, 0) is 14.3 Å². The molecule has 0 aliphatic heterocycles. The number of ether oxygens (including phenoxy) is 2. The second kappa shape index (κ2) is 7.85. The average Bonchev–Trinajstić information content (AvgIpc) is 2.25. The van der Waals surface area contributed by atoms with Gasteiger partial charge in [0.05, 0.1) is 19.8 Å². The normalized spacial score (nSPS) is 12.2. The van der Waals surface area contributed by atoms with Crippen LogP contribution in [0.3, 0.4) is 0 Å². The van der Waals surface area contributed by atoms with Crippen molar-refractivity contribution in [2.45, 2.75) is 20.3 Å². The Bertz CT molecular complexity index is 275. The first-order valence-corrected chi connectivity index (χ1v) is 4.87. The molecule has 0 N–H and O–H groups in total. The number of carbonyl (C=O) groups excluding carboxylic acids is 1. The molecule has 0 saturated carbocycles. The Balaban J connectivity index is 4.64. The molecule has 15 heavy (non-hydrogen) atoms. The van der Waals surface area contributed by atoms with Gasteiger partial charge in [-0.25, -0.2) is 4.79 Å². The van der Waals surface area contributed by atoms with Crippen LogP contribution in [0.5, 0.6) is 0 Å². The van der Waals surface area contributed by atoms with Crippen molar-refractivity contribution in [1.82, 2.24) is 0 Å². The fraction of sp³-hybridized carbons (Fsp3) is 0.417. The zero-order chi connectivity index (χ0) is 11.7. The number of esters is 1. The molecule has 0 aromatic carbocycles. The summed E-state index contributed by atoms with van der Waals surface area (Å²) in [5, 5.41) is 0. The lowest BCUT2D eigenvalue weighted by atomic mass is 10.2. The van der Waals surface area contributed by atoms with Crippen LogP contribution >= 0.6 is 0 Å². The van der Waals surface area contributed by atoms with E-state index in [9.17, 15) is 4.79 Å². The van der Waals surface area contributed by atoms with Crippen molar-refractivity contribution in [1.29, 1.82) is 0 Å². The molecule has 0 aliphatic carbocycles. The third kappa shape index (κ3) is 6.55. The highest BCUT2D eigenvalue weighted by molar-refractivity contribution is 5.82. The van der Waals surface area contributed by atoms with Crippen molar-refractivity contribution >= 4 is 5.97 Å². The maximum atomic E-state index is 11.0. The van der Waals surface area contributed by atoms with E-state index in [2.05, 4.69) is 11.3 Å². The minimum atomic E-state index is -0.422. The van der Waals surface area contributed by atoms with Crippen molar-refractivity contribution < 1.29 is 14.3 Å². The number of hydrogen-bond donors (Lipinski definition) is 0. The van der Waals surface area contributed by atoms with Gasteiger partial charge in [-0.3, -0.25) is 0 Å². The topological polar surface area (TPSA) is 35.5 Å². The van der Waals surface area contributed by atoms with E-state index in [-0.39, 0.29) is 0 Å². The number of carbonyl (C=O) groups is 1. The second-order valence-corrected chi connectivity index (χ2v) is 3.01. The average molecular weight is 210 g/mol. The smallest absolute Gasteiger partial charge is 0.334 e. The summed E-state index contributed by atoms with van der Waals surface area (Å²) in [6.45, 7) is 8.08. The summed E-state index contributed by atoms with van der Waals surface area (Å²) in [6, 6.07) is 0. The molecule has 0 aromatic heterocycles. The van der Waals surface area contributed by atoms with E-state index in [0.29, 0.717) is 12.4 Å². The molecule has 0 atom stereocenters. The van der Waals surface area contributed by atoms with Crippen molar-refractivity contribution in [2.24, 2.45) is 0 Å². The molecule has 0 fully saturated rings. The van der Waals surface area contributed by atoms with E-state index >= 15 is 0 Å². The van der Waals surface area contributed by atoms with Gasteiger partial charge in [0.2, 0.25) is 0 Å². The summed E-state index contributed by atoms with van der Waals surface area (Å²) in [5.41, 5.74) is 0.932. The monoisotopic (exact) mass is 210 g/mol. The van der Waals surface area contributed by atoms with Gasteiger partial charge >= 0.3 is 5.97 Å². The van der Waals surface area contributed by atoms with Crippen LogP contribution in [0.4, 0.5) is 0 Å². The predicted molar refractivity (Wildman–Crippen MR) is 60.3 cm³/mol. The van der Waals surface area contributed by atoms with Crippen molar-refractivity contribution in [2.75, 3.05) is 13.7 Å². The number of rotatable bonds is 6. The largest absolute Gasteiger partial charge is 0.493 e. The van der Waals surface area contributed by atoms with Gasteiger partial charge in [-0.15, -0.1) is 0 Å². The minimum absolute atomic E-state index is 0.422. The van der Waals surface area contributed by atoms with Gasteiger partial charge in [0.1, 0.15) is 5.76 Å². The molecule has 0 bridgehead atoms. The second-order valence-electron chi connectivity index (χ2n) is 3.01. The van der Waals surface area contributed by atoms with Crippen molar-refractivity contribution in [3.8, 4) is 0 Å². The van der Waals surface area contributed by atoms with Gasteiger partial charge in [0.15, 0.2) is 0 Å². The summed E-state index contributed by atoms with van der Waals surface area (Å²) < 4.78 is 9.90. The Morgan fingerprint density at radius 3 is 2.53 bits per heavy atom. The van der Waals surface area contributed by atoms with Crippen LogP contribution in [-0.4, -0.2) is 19.7 Å². The van der Waals surface area contributed by atoms with E-state index in [4.69, 9.17) is 4.74 Å². The Morgan fingerprint density at radius 2 is 2.07 bits per heavy atom. The van der Waals surface area contributed by atoms with Crippen molar-refractivity contribution in [3.05, 3.63) is 36.1 Å². The van der Waals surface area contributed by atoms with Crippen LogP contribution in [0.15, 0.2) is 36.1 Å². The van der Waals surface area contributed by atoms with Crippen LogP contribution in [0.2, 0.25) is 0 Å². The van der Waals surface area contributed by atoms with Crippen LogP contribution in [0.25, 0.3) is 0 Å². The summed E-state index contributed by atoms with van der Waals surface area (Å²) in [4.78, 5) is 11.0. The van der Waals surface area contributed by atoms with Crippen LogP contribution < -0.4 is 0 Å². The number of allylic oxidation sites excluding steroid dienone is 3. The van der Waals surface area contributed by atoms with E-state index in [1.807, 2.05) is 13.8 Å². The van der Waals surface area contributed by atoms with Gasteiger partial charge in [-0.05, 0) is 25.0 Å². The molecule has 84 valence electrons. The molecule has 3 heteroatoms.